The van der Waals surface area contributed by atoms with E-state index >= 15 is 0 Å². The van der Waals surface area contributed by atoms with Gasteiger partial charge in [-0.3, -0.25) is 14.9 Å². The Morgan fingerprint density at radius 3 is 2.38 bits per heavy atom. The molecule has 0 aliphatic carbocycles. The highest BCUT2D eigenvalue weighted by molar-refractivity contribution is 8.00. The number of carbonyl (C=O) groups excluding carboxylic acids is 1. The Balaban J connectivity index is 2.04. The third kappa shape index (κ3) is 5.66. The van der Waals surface area contributed by atoms with E-state index in [0.717, 1.165) is 17.8 Å². The van der Waals surface area contributed by atoms with Crippen molar-refractivity contribution in [2.24, 2.45) is 0 Å². The lowest BCUT2D eigenvalue weighted by Crippen LogP contribution is -2.24. The number of ether oxygens (including phenoxy) is 1. The molecule has 26 heavy (non-hydrogen) atoms. The van der Waals surface area contributed by atoms with E-state index < -0.39 is 28.2 Å². The van der Waals surface area contributed by atoms with Gasteiger partial charge in [-0.1, -0.05) is 12.1 Å². The third-order valence-electron chi connectivity index (χ3n) is 3.10. The lowest BCUT2D eigenvalue weighted by atomic mass is 10.3. The van der Waals surface area contributed by atoms with Crippen LogP contribution in [0, 0.1) is 10.1 Å². The highest BCUT2D eigenvalue weighted by Crippen LogP contribution is 2.31. The predicted molar refractivity (Wildman–Crippen MR) is 90.2 cm³/mol. The fourth-order valence-electron chi connectivity index (χ4n) is 1.92. The summed E-state index contributed by atoms with van der Waals surface area (Å²) in [7, 11) is 0. The number of nitrogens with zero attached hydrogens (tertiary/aromatic N) is 1. The number of carbonyl (C=O) groups is 1. The van der Waals surface area contributed by atoms with E-state index in [1.54, 1.807) is 6.92 Å². The molecule has 0 radical (unpaired) electrons. The maximum absolute atomic E-state index is 12.4. The first-order valence-electron chi connectivity index (χ1n) is 7.22. The first-order valence-corrected chi connectivity index (χ1v) is 8.10. The van der Waals surface area contributed by atoms with Crippen LogP contribution in [0.4, 0.5) is 24.5 Å². The minimum absolute atomic E-state index is 0.0790. The van der Waals surface area contributed by atoms with Crippen LogP contribution in [0.2, 0.25) is 0 Å². The van der Waals surface area contributed by atoms with Gasteiger partial charge in [0.25, 0.3) is 5.69 Å². The molecule has 2 rings (SSSR count). The number of thioether (sulfide) groups is 1. The maximum atomic E-state index is 12.4. The monoisotopic (exact) mass is 386 g/mol. The number of nitro benzene ring substituents is 1. The van der Waals surface area contributed by atoms with E-state index in [0.29, 0.717) is 4.90 Å². The second-order valence-electron chi connectivity index (χ2n) is 5.04. The van der Waals surface area contributed by atoms with Gasteiger partial charge in [0.2, 0.25) is 5.91 Å². The normalized spacial score (nSPS) is 12.3. The van der Waals surface area contributed by atoms with Gasteiger partial charge in [-0.15, -0.1) is 24.9 Å². The Morgan fingerprint density at radius 1 is 1.19 bits per heavy atom. The number of alkyl halides is 3. The van der Waals surface area contributed by atoms with Crippen LogP contribution in [0.15, 0.2) is 53.4 Å². The molecule has 1 unspecified atom stereocenters. The zero-order valence-corrected chi connectivity index (χ0v) is 14.1. The van der Waals surface area contributed by atoms with Crippen molar-refractivity contribution in [1.29, 1.82) is 0 Å². The van der Waals surface area contributed by atoms with Crippen molar-refractivity contribution in [3.63, 3.8) is 0 Å². The molecule has 0 aliphatic rings. The van der Waals surface area contributed by atoms with Crippen molar-refractivity contribution < 1.29 is 27.6 Å². The summed E-state index contributed by atoms with van der Waals surface area (Å²) in [6.45, 7) is 1.56. The van der Waals surface area contributed by atoms with E-state index in [2.05, 4.69) is 10.1 Å². The van der Waals surface area contributed by atoms with E-state index in [1.165, 1.54) is 42.5 Å². The number of nitro groups is 1. The largest absolute Gasteiger partial charge is 0.573 e. The van der Waals surface area contributed by atoms with Gasteiger partial charge in [-0.2, -0.15) is 0 Å². The van der Waals surface area contributed by atoms with Crippen LogP contribution in [-0.4, -0.2) is 22.4 Å². The molecule has 0 spiro atoms. The van der Waals surface area contributed by atoms with Crippen molar-refractivity contribution in [1.82, 2.24) is 0 Å². The molecule has 1 atom stereocenters. The summed E-state index contributed by atoms with van der Waals surface area (Å²) in [4.78, 5) is 22.9. The summed E-state index contributed by atoms with van der Waals surface area (Å²) in [5.41, 5.74) is -0.185. The molecule has 0 aromatic heterocycles. The molecule has 0 fully saturated rings. The lowest BCUT2D eigenvalue weighted by Gasteiger charge is -2.16. The number of hydrogen-bond donors (Lipinski definition) is 1. The number of anilines is 1. The molecule has 10 heteroatoms. The summed E-state index contributed by atoms with van der Waals surface area (Å²) < 4.78 is 41.1. The van der Waals surface area contributed by atoms with Crippen LogP contribution in [-0.2, 0) is 4.79 Å². The van der Waals surface area contributed by atoms with Crippen molar-refractivity contribution in [3.8, 4) is 5.75 Å². The Morgan fingerprint density at radius 2 is 1.81 bits per heavy atom. The van der Waals surface area contributed by atoms with Crippen LogP contribution in [0.3, 0.4) is 0 Å². The van der Waals surface area contributed by atoms with Gasteiger partial charge in [-0.25, -0.2) is 0 Å². The van der Waals surface area contributed by atoms with Crippen LogP contribution in [0.25, 0.3) is 0 Å². The molecule has 0 aliphatic heterocycles. The Labute approximate surface area is 150 Å². The van der Waals surface area contributed by atoms with Crippen molar-refractivity contribution in [3.05, 3.63) is 58.6 Å². The molecule has 0 bridgehead atoms. The molecule has 2 aromatic carbocycles. The molecule has 0 saturated heterocycles. The molecule has 2 aromatic rings. The Hall–Kier alpha value is -2.75. The fourth-order valence-corrected chi connectivity index (χ4v) is 2.79. The van der Waals surface area contributed by atoms with Gasteiger partial charge in [-0.05, 0) is 31.2 Å². The van der Waals surface area contributed by atoms with Crippen LogP contribution >= 0.6 is 11.8 Å². The summed E-state index contributed by atoms with van der Waals surface area (Å²) in [6, 6.07) is 10.8. The van der Waals surface area contributed by atoms with E-state index in [4.69, 9.17) is 0 Å². The van der Waals surface area contributed by atoms with Crippen LogP contribution in [0.5, 0.6) is 5.75 Å². The molecule has 138 valence electrons. The summed E-state index contributed by atoms with van der Waals surface area (Å²) >= 11 is 1.11. The zero-order valence-electron chi connectivity index (χ0n) is 13.3. The van der Waals surface area contributed by atoms with E-state index in [-0.39, 0.29) is 11.4 Å². The SMILES string of the molecule is CC(Sc1ccc([N+](=O)[O-])cc1)C(=O)Nc1ccccc1OC(F)(F)F. The Kier molecular flexibility index (Phi) is 6.09. The number of amides is 1. The van der Waals surface area contributed by atoms with Gasteiger partial charge in [0.15, 0.2) is 5.75 Å². The van der Waals surface area contributed by atoms with Crippen molar-refractivity contribution in [2.75, 3.05) is 5.32 Å². The van der Waals surface area contributed by atoms with E-state index in [1.807, 2.05) is 0 Å². The smallest absolute Gasteiger partial charge is 0.404 e. The molecule has 0 heterocycles. The highest BCUT2D eigenvalue weighted by atomic mass is 32.2. The number of benzene rings is 2. The average Bonchev–Trinajstić information content (AvgIpc) is 2.55. The third-order valence-corrected chi connectivity index (χ3v) is 4.21. The van der Waals surface area contributed by atoms with Crippen LogP contribution in [0.1, 0.15) is 6.92 Å². The lowest BCUT2D eigenvalue weighted by molar-refractivity contribution is -0.384. The Bertz CT molecular complexity index is 797. The highest BCUT2D eigenvalue weighted by Gasteiger charge is 2.32. The number of non-ortho nitro benzene ring substituents is 1. The molecule has 1 N–H and O–H groups in total. The number of para-hydroxylation sites is 2. The topological polar surface area (TPSA) is 81.5 Å². The standard InChI is InChI=1S/C16H13F3N2O4S/c1-10(26-12-8-6-11(7-9-12)21(23)24)15(22)20-13-4-2-3-5-14(13)25-16(17,18)19/h2-10H,1H3,(H,20,22). The second-order valence-corrected chi connectivity index (χ2v) is 6.46. The molecule has 6 nitrogen and oxygen atoms in total. The van der Waals surface area contributed by atoms with Gasteiger partial charge in [0.1, 0.15) is 0 Å². The second kappa shape index (κ2) is 8.09. The first-order chi connectivity index (χ1) is 12.2. The fraction of sp³-hybridized carbons (Fsp3) is 0.188. The quantitative estimate of drug-likeness (QED) is 0.445. The van der Waals surface area contributed by atoms with Crippen molar-refractivity contribution >= 4 is 29.0 Å². The van der Waals surface area contributed by atoms with Gasteiger partial charge >= 0.3 is 6.36 Å². The van der Waals surface area contributed by atoms with Crippen molar-refractivity contribution in [2.45, 2.75) is 23.4 Å². The summed E-state index contributed by atoms with van der Waals surface area (Å²) in [5.74, 6) is -1.05. The molecular formula is C16H13F3N2O4S. The first kappa shape index (κ1) is 19.6. The average molecular weight is 386 g/mol. The minimum Gasteiger partial charge on any atom is -0.404 e. The minimum atomic E-state index is -4.88. The number of nitrogens with one attached hydrogen (secondary N) is 1. The summed E-state index contributed by atoms with van der Waals surface area (Å²) in [5, 5.41) is 12.4. The predicted octanol–water partition coefficient (Wildman–Crippen LogP) is 4.61. The van der Waals surface area contributed by atoms with Gasteiger partial charge in [0.05, 0.1) is 15.9 Å². The van der Waals surface area contributed by atoms with E-state index in [9.17, 15) is 28.1 Å². The molecule has 0 saturated carbocycles. The van der Waals surface area contributed by atoms with Gasteiger partial charge < -0.3 is 10.1 Å². The number of hydrogen-bond acceptors (Lipinski definition) is 5. The number of halogens is 3. The molecular weight excluding hydrogens is 373 g/mol. The van der Waals surface area contributed by atoms with Crippen LogP contribution < -0.4 is 10.1 Å². The number of rotatable bonds is 6. The molecule has 1 amide bonds. The maximum Gasteiger partial charge on any atom is 0.573 e. The summed E-state index contributed by atoms with van der Waals surface area (Å²) in [6.07, 6.45) is -4.88. The van der Waals surface area contributed by atoms with Gasteiger partial charge in [0, 0.05) is 17.0 Å². The zero-order chi connectivity index (χ0) is 19.3.